The van der Waals surface area contributed by atoms with Gasteiger partial charge in [-0.15, -0.1) is 0 Å². The second-order valence-corrected chi connectivity index (χ2v) is 5.60. The van der Waals surface area contributed by atoms with Crippen molar-refractivity contribution in [3.8, 4) is 5.75 Å². The number of ether oxygens (including phenoxy) is 2. The summed E-state index contributed by atoms with van der Waals surface area (Å²) < 4.78 is 11.5. The number of hydrogen-bond donors (Lipinski definition) is 0. The fourth-order valence-electron chi connectivity index (χ4n) is 1.98. The molecular formula is C17H18BrNO3. The molecule has 5 heteroatoms. The molecular weight excluding hydrogens is 346 g/mol. The van der Waals surface area contributed by atoms with Crippen LogP contribution in [0.5, 0.6) is 5.75 Å². The van der Waals surface area contributed by atoms with Gasteiger partial charge in [0.2, 0.25) is 0 Å². The highest BCUT2D eigenvalue weighted by Crippen LogP contribution is 2.26. The third kappa shape index (κ3) is 4.08. The molecule has 0 atom stereocenters. The van der Waals surface area contributed by atoms with Crippen molar-refractivity contribution in [1.82, 2.24) is 0 Å². The molecule has 4 nitrogen and oxygen atoms in total. The molecule has 2 rings (SSSR count). The molecule has 2 aromatic rings. The van der Waals surface area contributed by atoms with E-state index in [1.807, 2.05) is 36.4 Å². The molecule has 0 fully saturated rings. The predicted molar refractivity (Wildman–Crippen MR) is 90.7 cm³/mol. The van der Waals surface area contributed by atoms with E-state index in [0.29, 0.717) is 24.5 Å². The quantitative estimate of drug-likeness (QED) is 0.733. The summed E-state index contributed by atoms with van der Waals surface area (Å²) in [4.78, 5) is 14.3. The van der Waals surface area contributed by atoms with Crippen LogP contribution < -0.4 is 9.64 Å². The third-order valence-corrected chi connectivity index (χ3v) is 3.66. The van der Waals surface area contributed by atoms with Gasteiger partial charge in [-0.1, -0.05) is 34.1 Å². The average molecular weight is 364 g/mol. The van der Waals surface area contributed by atoms with Gasteiger partial charge in [0.05, 0.1) is 12.2 Å². The molecule has 1 amide bonds. The normalized spacial score (nSPS) is 10.3. The summed E-state index contributed by atoms with van der Waals surface area (Å²) in [5, 5.41) is 0. The second-order valence-electron chi connectivity index (χ2n) is 4.68. The van der Waals surface area contributed by atoms with Crippen molar-refractivity contribution >= 4 is 27.5 Å². The number of rotatable bonds is 6. The van der Waals surface area contributed by atoms with Gasteiger partial charge in [-0.2, -0.15) is 0 Å². The Balaban J connectivity index is 2.26. The van der Waals surface area contributed by atoms with E-state index in [-0.39, 0.29) is 5.91 Å². The number of carbonyl (C=O) groups is 1. The lowest BCUT2D eigenvalue weighted by Gasteiger charge is -2.19. The Morgan fingerprint density at radius 3 is 2.55 bits per heavy atom. The Kier molecular flexibility index (Phi) is 5.98. The van der Waals surface area contributed by atoms with Crippen molar-refractivity contribution in [2.75, 3.05) is 32.3 Å². The Bertz CT molecular complexity index is 631. The Morgan fingerprint density at radius 2 is 1.86 bits per heavy atom. The third-order valence-electron chi connectivity index (χ3n) is 3.17. The van der Waals surface area contributed by atoms with Crippen LogP contribution >= 0.6 is 15.9 Å². The lowest BCUT2D eigenvalue weighted by molar-refractivity contribution is 0.0985. The van der Waals surface area contributed by atoms with E-state index in [1.165, 1.54) is 0 Å². The van der Waals surface area contributed by atoms with Crippen molar-refractivity contribution in [3.63, 3.8) is 0 Å². The molecule has 0 N–H and O–H groups in total. The maximum absolute atomic E-state index is 12.7. The van der Waals surface area contributed by atoms with Crippen LogP contribution in [0.15, 0.2) is 53.0 Å². The predicted octanol–water partition coefficient (Wildman–Crippen LogP) is 3.75. The van der Waals surface area contributed by atoms with Gasteiger partial charge in [0, 0.05) is 24.3 Å². The molecule has 0 aliphatic rings. The number of nitrogens with zero attached hydrogens (tertiary/aromatic N) is 1. The molecule has 0 bridgehead atoms. The van der Waals surface area contributed by atoms with Gasteiger partial charge in [-0.25, -0.2) is 0 Å². The fourth-order valence-corrected chi connectivity index (χ4v) is 2.34. The highest BCUT2D eigenvalue weighted by molar-refractivity contribution is 9.10. The largest absolute Gasteiger partial charge is 0.490 e. The molecule has 0 saturated carbocycles. The number of halogens is 1. The fraction of sp³-hybridized carbons (Fsp3) is 0.235. The lowest BCUT2D eigenvalue weighted by Crippen LogP contribution is -2.26. The molecule has 0 radical (unpaired) electrons. The summed E-state index contributed by atoms with van der Waals surface area (Å²) in [6.07, 6.45) is 0. The van der Waals surface area contributed by atoms with Gasteiger partial charge in [0.1, 0.15) is 12.4 Å². The van der Waals surface area contributed by atoms with Crippen LogP contribution in [0.3, 0.4) is 0 Å². The summed E-state index contributed by atoms with van der Waals surface area (Å²) in [5.41, 5.74) is 1.34. The minimum absolute atomic E-state index is 0.125. The molecule has 22 heavy (non-hydrogen) atoms. The van der Waals surface area contributed by atoms with Gasteiger partial charge < -0.3 is 14.4 Å². The van der Waals surface area contributed by atoms with Crippen molar-refractivity contribution in [3.05, 3.63) is 58.6 Å². The van der Waals surface area contributed by atoms with Crippen LogP contribution in [-0.4, -0.2) is 33.3 Å². The zero-order valence-electron chi connectivity index (χ0n) is 12.6. The van der Waals surface area contributed by atoms with Crippen LogP contribution in [-0.2, 0) is 4.74 Å². The highest BCUT2D eigenvalue weighted by Gasteiger charge is 2.18. The first kappa shape index (κ1) is 16.5. The van der Waals surface area contributed by atoms with Crippen LogP contribution in [0, 0.1) is 0 Å². The van der Waals surface area contributed by atoms with E-state index in [2.05, 4.69) is 15.9 Å². The number of benzene rings is 2. The Labute approximate surface area is 138 Å². The van der Waals surface area contributed by atoms with Gasteiger partial charge in [-0.3, -0.25) is 4.79 Å². The molecule has 0 spiro atoms. The molecule has 0 heterocycles. The van der Waals surface area contributed by atoms with E-state index in [9.17, 15) is 4.79 Å². The summed E-state index contributed by atoms with van der Waals surface area (Å²) >= 11 is 3.40. The van der Waals surface area contributed by atoms with Crippen molar-refractivity contribution < 1.29 is 14.3 Å². The molecule has 0 aliphatic carbocycles. The molecule has 0 unspecified atom stereocenters. The first-order valence-electron chi connectivity index (χ1n) is 6.88. The summed E-state index contributed by atoms with van der Waals surface area (Å²) in [5.74, 6) is 0.424. The average Bonchev–Trinajstić information content (AvgIpc) is 2.56. The van der Waals surface area contributed by atoms with Gasteiger partial charge in [-0.05, 0) is 30.3 Å². The Hall–Kier alpha value is -1.85. The molecule has 0 aliphatic heterocycles. The molecule has 0 saturated heterocycles. The van der Waals surface area contributed by atoms with Crippen molar-refractivity contribution in [2.24, 2.45) is 0 Å². The smallest absolute Gasteiger partial charge is 0.261 e. The first-order valence-corrected chi connectivity index (χ1v) is 7.67. The first-order chi connectivity index (χ1) is 10.6. The maximum Gasteiger partial charge on any atom is 0.261 e. The topological polar surface area (TPSA) is 38.8 Å². The van der Waals surface area contributed by atoms with Gasteiger partial charge >= 0.3 is 0 Å². The summed E-state index contributed by atoms with van der Waals surface area (Å²) in [6, 6.07) is 14.9. The lowest BCUT2D eigenvalue weighted by atomic mass is 10.1. The zero-order valence-corrected chi connectivity index (χ0v) is 14.2. The zero-order chi connectivity index (χ0) is 15.9. The van der Waals surface area contributed by atoms with Gasteiger partial charge in [0.15, 0.2) is 0 Å². The van der Waals surface area contributed by atoms with Crippen LogP contribution in [0.25, 0.3) is 0 Å². The van der Waals surface area contributed by atoms with E-state index in [0.717, 1.165) is 10.2 Å². The van der Waals surface area contributed by atoms with Crippen LogP contribution in [0.1, 0.15) is 10.4 Å². The number of amides is 1. The number of carbonyl (C=O) groups excluding carboxylic acids is 1. The minimum Gasteiger partial charge on any atom is -0.490 e. The van der Waals surface area contributed by atoms with Crippen molar-refractivity contribution in [1.29, 1.82) is 0 Å². The standard InChI is InChI=1S/C17H18BrNO3/c1-19(14-6-4-3-5-7-14)17(20)15-12-13(18)8-9-16(15)22-11-10-21-2/h3-9,12H,10-11H2,1-2H3. The number of anilines is 1. The van der Waals surface area contributed by atoms with Crippen molar-refractivity contribution in [2.45, 2.75) is 0 Å². The van der Waals surface area contributed by atoms with E-state index in [1.54, 1.807) is 31.2 Å². The molecule has 116 valence electrons. The molecule has 2 aromatic carbocycles. The molecule has 0 aromatic heterocycles. The van der Waals surface area contributed by atoms with Crippen LogP contribution in [0.2, 0.25) is 0 Å². The number of methoxy groups -OCH3 is 1. The van der Waals surface area contributed by atoms with Gasteiger partial charge in [0.25, 0.3) is 5.91 Å². The minimum atomic E-state index is -0.125. The number of hydrogen-bond acceptors (Lipinski definition) is 3. The van der Waals surface area contributed by atoms with E-state index >= 15 is 0 Å². The van der Waals surface area contributed by atoms with E-state index < -0.39 is 0 Å². The van der Waals surface area contributed by atoms with Crippen LogP contribution in [0.4, 0.5) is 5.69 Å². The maximum atomic E-state index is 12.7. The summed E-state index contributed by atoms with van der Waals surface area (Å²) in [6.45, 7) is 0.867. The number of para-hydroxylation sites is 1. The summed E-state index contributed by atoms with van der Waals surface area (Å²) in [7, 11) is 3.36. The highest BCUT2D eigenvalue weighted by atomic mass is 79.9. The van der Waals surface area contributed by atoms with E-state index in [4.69, 9.17) is 9.47 Å². The monoisotopic (exact) mass is 363 g/mol. The SMILES string of the molecule is COCCOc1ccc(Br)cc1C(=O)N(C)c1ccccc1. The Morgan fingerprint density at radius 1 is 1.14 bits per heavy atom. The second kappa shape index (κ2) is 7.96.